The van der Waals surface area contributed by atoms with Gasteiger partial charge in [-0.15, -0.1) is 11.3 Å². The minimum Gasteiger partial charge on any atom is -0.505 e. The topological polar surface area (TPSA) is 63.3 Å². The van der Waals surface area contributed by atoms with E-state index in [4.69, 9.17) is 4.42 Å². The fourth-order valence-electron chi connectivity index (χ4n) is 2.02. The average molecular weight is 329 g/mol. The van der Waals surface area contributed by atoms with Gasteiger partial charge in [0.05, 0.1) is 0 Å². The van der Waals surface area contributed by atoms with E-state index in [9.17, 15) is 14.3 Å². The molecule has 0 amide bonds. The predicted octanol–water partition coefficient (Wildman–Crippen LogP) is 4.25. The summed E-state index contributed by atoms with van der Waals surface area (Å²) in [5.41, 5.74) is 0.876. The van der Waals surface area contributed by atoms with Crippen molar-refractivity contribution in [1.82, 2.24) is 4.98 Å². The highest BCUT2D eigenvalue weighted by atomic mass is 32.1. The number of carbonyl (C=O) groups excluding carboxylic acids is 1. The molecule has 0 atom stereocenters. The SMILES string of the molecule is O=C(C=C(O)c1nccs1)c1ccc(Cc2ccc(F)cc2)o1. The lowest BCUT2D eigenvalue weighted by molar-refractivity contribution is 0.101. The molecule has 0 bridgehead atoms. The van der Waals surface area contributed by atoms with Gasteiger partial charge in [0.15, 0.2) is 16.5 Å². The molecule has 23 heavy (non-hydrogen) atoms. The largest absolute Gasteiger partial charge is 0.505 e. The molecule has 0 radical (unpaired) electrons. The fraction of sp³-hybridized carbons (Fsp3) is 0.0588. The summed E-state index contributed by atoms with van der Waals surface area (Å²) in [4.78, 5) is 16.0. The van der Waals surface area contributed by atoms with Crippen LogP contribution in [-0.4, -0.2) is 15.9 Å². The van der Waals surface area contributed by atoms with Gasteiger partial charge >= 0.3 is 0 Å². The van der Waals surface area contributed by atoms with Gasteiger partial charge in [-0.25, -0.2) is 9.37 Å². The van der Waals surface area contributed by atoms with Gasteiger partial charge in [0, 0.05) is 24.1 Å². The Morgan fingerprint density at radius 2 is 2.04 bits per heavy atom. The zero-order valence-corrected chi connectivity index (χ0v) is 12.7. The molecule has 1 N–H and O–H groups in total. The third-order valence-corrected chi connectivity index (χ3v) is 3.91. The van der Waals surface area contributed by atoms with Crippen LogP contribution in [0, 0.1) is 5.82 Å². The maximum absolute atomic E-state index is 12.9. The van der Waals surface area contributed by atoms with Gasteiger partial charge in [0.2, 0.25) is 5.78 Å². The summed E-state index contributed by atoms with van der Waals surface area (Å²) in [6.45, 7) is 0. The van der Waals surface area contributed by atoms with Gasteiger partial charge in [0.25, 0.3) is 0 Å². The lowest BCUT2D eigenvalue weighted by Crippen LogP contribution is -1.94. The maximum atomic E-state index is 12.9. The van der Waals surface area contributed by atoms with Gasteiger partial charge in [0.1, 0.15) is 11.6 Å². The molecule has 0 aliphatic carbocycles. The third-order valence-electron chi connectivity index (χ3n) is 3.12. The van der Waals surface area contributed by atoms with Crippen molar-refractivity contribution >= 4 is 22.9 Å². The van der Waals surface area contributed by atoms with Crippen molar-refractivity contribution in [2.75, 3.05) is 0 Å². The second-order valence-corrected chi connectivity index (χ2v) is 5.69. The number of nitrogens with zero attached hydrogens (tertiary/aromatic N) is 1. The summed E-state index contributed by atoms with van der Waals surface area (Å²) in [6.07, 6.45) is 3.08. The second-order valence-electron chi connectivity index (χ2n) is 4.80. The van der Waals surface area contributed by atoms with E-state index in [1.165, 1.54) is 23.5 Å². The summed E-state index contributed by atoms with van der Waals surface area (Å²) >= 11 is 1.23. The summed E-state index contributed by atoms with van der Waals surface area (Å²) in [5, 5.41) is 11.9. The quantitative estimate of drug-likeness (QED) is 0.432. The molecule has 3 rings (SSSR count). The Morgan fingerprint density at radius 1 is 1.26 bits per heavy atom. The number of aliphatic hydroxyl groups is 1. The Hall–Kier alpha value is -2.73. The van der Waals surface area contributed by atoms with Crippen molar-refractivity contribution in [1.29, 1.82) is 0 Å². The van der Waals surface area contributed by atoms with Gasteiger partial charge in [-0.1, -0.05) is 12.1 Å². The molecule has 2 heterocycles. The van der Waals surface area contributed by atoms with Crippen LogP contribution in [0.3, 0.4) is 0 Å². The molecule has 6 heteroatoms. The Bertz CT molecular complexity index is 835. The lowest BCUT2D eigenvalue weighted by atomic mass is 10.1. The van der Waals surface area contributed by atoms with E-state index in [1.807, 2.05) is 0 Å². The number of hydrogen-bond acceptors (Lipinski definition) is 5. The molecule has 4 nitrogen and oxygen atoms in total. The number of allylic oxidation sites excluding steroid dienone is 1. The molecule has 3 aromatic rings. The van der Waals surface area contributed by atoms with Crippen LogP contribution in [0.15, 0.2) is 58.5 Å². The first-order valence-electron chi connectivity index (χ1n) is 6.80. The highest BCUT2D eigenvalue weighted by Crippen LogP contribution is 2.18. The van der Waals surface area contributed by atoms with Crippen LogP contribution in [-0.2, 0) is 6.42 Å². The monoisotopic (exact) mass is 329 g/mol. The van der Waals surface area contributed by atoms with E-state index >= 15 is 0 Å². The van der Waals surface area contributed by atoms with Crippen molar-refractivity contribution in [3.8, 4) is 0 Å². The van der Waals surface area contributed by atoms with Crippen molar-refractivity contribution in [2.24, 2.45) is 0 Å². The van der Waals surface area contributed by atoms with Crippen molar-refractivity contribution < 1.29 is 18.7 Å². The Kier molecular flexibility index (Phi) is 4.34. The van der Waals surface area contributed by atoms with Gasteiger partial charge in [-0.05, 0) is 29.8 Å². The Morgan fingerprint density at radius 3 is 2.74 bits per heavy atom. The predicted molar refractivity (Wildman–Crippen MR) is 85.0 cm³/mol. The number of furan rings is 1. The summed E-state index contributed by atoms with van der Waals surface area (Å²) in [6, 6.07) is 9.30. The molecule has 0 saturated carbocycles. The van der Waals surface area contributed by atoms with E-state index < -0.39 is 5.78 Å². The lowest BCUT2D eigenvalue weighted by Gasteiger charge is -1.98. The van der Waals surface area contributed by atoms with Crippen LogP contribution in [0.1, 0.15) is 26.9 Å². The first-order chi connectivity index (χ1) is 11.1. The molecule has 0 aliphatic rings. The Labute approximate surface area is 135 Å². The minimum absolute atomic E-state index is 0.130. The zero-order chi connectivity index (χ0) is 16.2. The standard InChI is InChI=1S/C17H12FNO3S/c18-12-3-1-11(2-4-12)9-13-5-6-16(22-13)14(20)10-15(21)17-19-7-8-23-17/h1-8,10,21H,9H2. The number of hydrogen-bond donors (Lipinski definition) is 1. The van der Waals surface area contributed by atoms with Gasteiger partial charge in [-0.2, -0.15) is 0 Å². The third kappa shape index (κ3) is 3.73. The van der Waals surface area contributed by atoms with E-state index in [2.05, 4.69) is 4.98 Å². The van der Waals surface area contributed by atoms with Crippen LogP contribution in [0.25, 0.3) is 5.76 Å². The number of benzene rings is 1. The summed E-state index contributed by atoms with van der Waals surface area (Å²) in [7, 11) is 0. The molecule has 0 saturated heterocycles. The molecular weight excluding hydrogens is 317 g/mol. The van der Waals surface area contributed by atoms with E-state index in [0.29, 0.717) is 17.2 Å². The van der Waals surface area contributed by atoms with Crippen LogP contribution in [0.2, 0.25) is 0 Å². The molecule has 0 fully saturated rings. The average Bonchev–Trinajstić information content (AvgIpc) is 3.21. The number of halogens is 1. The maximum Gasteiger partial charge on any atom is 0.224 e. The highest BCUT2D eigenvalue weighted by molar-refractivity contribution is 7.10. The normalized spacial score (nSPS) is 11.6. The fourth-order valence-corrected chi connectivity index (χ4v) is 2.57. The van der Waals surface area contributed by atoms with Crippen molar-refractivity contribution in [2.45, 2.75) is 6.42 Å². The number of ketones is 1. The van der Waals surface area contributed by atoms with Crippen molar-refractivity contribution in [3.63, 3.8) is 0 Å². The number of thiazole rings is 1. The molecular formula is C17H12FNO3S. The van der Waals surface area contributed by atoms with Crippen LogP contribution < -0.4 is 0 Å². The first kappa shape index (κ1) is 15.2. The molecule has 0 spiro atoms. The van der Waals surface area contributed by atoms with Crippen LogP contribution >= 0.6 is 11.3 Å². The first-order valence-corrected chi connectivity index (χ1v) is 7.68. The number of rotatable bonds is 5. The summed E-state index contributed by atoms with van der Waals surface area (Å²) < 4.78 is 18.4. The van der Waals surface area contributed by atoms with E-state index in [1.54, 1.807) is 35.8 Å². The molecule has 0 aliphatic heterocycles. The van der Waals surface area contributed by atoms with Crippen LogP contribution in [0.5, 0.6) is 0 Å². The van der Waals surface area contributed by atoms with Gasteiger partial charge < -0.3 is 9.52 Å². The highest BCUT2D eigenvalue weighted by Gasteiger charge is 2.12. The molecule has 0 unspecified atom stereocenters. The molecule has 2 aromatic heterocycles. The number of carbonyl (C=O) groups is 1. The summed E-state index contributed by atoms with van der Waals surface area (Å²) in [5.74, 6) is -0.219. The van der Waals surface area contributed by atoms with E-state index in [0.717, 1.165) is 11.6 Å². The van der Waals surface area contributed by atoms with Crippen molar-refractivity contribution in [3.05, 3.63) is 82.0 Å². The Balaban J connectivity index is 1.72. The van der Waals surface area contributed by atoms with E-state index in [-0.39, 0.29) is 17.3 Å². The number of aromatic nitrogens is 1. The zero-order valence-electron chi connectivity index (χ0n) is 11.9. The van der Waals surface area contributed by atoms with Crippen LogP contribution in [0.4, 0.5) is 4.39 Å². The molecule has 116 valence electrons. The molecule has 1 aromatic carbocycles. The second kappa shape index (κ2) is 6.58. The minimum atomic E-state index is -0.442. The van der Waals surface area contributed by atoms with Gasteiger partial charge in [-0.3, -0.25) is 4.79 Å². The smallest absolute Gasteiger partial charge is 0.224 e. The number of aliphatic hydroxyl groups excluding tert-OH is 1.